The molecule has 1 amide bonds. The minimum atomic E-state index is -0.383. The molecule has 0 saturated heterocycles. The fourth-order valence-corrected chi connectivity index (χ4v) is 1.98. The second-order valence-corrected chi connectivity index (χ2v) is 4.78. The highest BCUT2D eigenvalue weighted by atomic mass is 32.2. The average molecular weight is 242 g/mol. The SMILES string of the molecule is CC(C)NC(=O)CSc1cc(N)cc(F)c1. The van der Waals surface area contributed by atoms with E-state index in [-0.39, 0.29) is 23.5 Å². The molecule has 0 bridgehead atoms. The van der Waals surface area contributed by atoms with Crippen LogP contribution in [0.25, 0.3) is 0 Å². The van der Waals surface area contributed by atoms with Crippen LogP contribution in [0.15, 0.2) is 23.1 Å². The quantitative estimate of drug-likeness (QED) is 0.627. The number of benzene rings is 1. The number of carbonyl (C=O) groups excluding carboxylic acids is 1. The molecule has 0 spiro atoms. The fourth-order valence-electron chi connectivity index (χ4n) is 1.18. The van der Waals surface area contributed by atoms with Crippen molar-refractivity contribution in [2.24, 2.45) is 0 Å². The first kappa shape index (κ1) is 12.8. The number of carbonyl (C=O) groups is 1. The van der Waals surface area contributed by atoms with E-state index in [1.165, 1.54) is 23.9 Å². The summed E-state index contributed by atoms with van der Waals surface area (Å²) in [6, 6.07) is 4.38. The van der Waals surface area contributed by atoms with E-state index in [9.17, 15) is 9.18 Å². The minimum absolute atomic E-state index is 0.0668. The van der Waals surface area contributed by atoms with Crippen LogP contribution < -0.4 is 11.1 Å². The van der Waals surface area contributed by atoms with Gasteiger partial charge < -0.3 is 11.1 Å². The van der Waals surface area contributed by atoms with Crippen molar-refractivity contribution in [3.05, 3.63) is 24.0 Å². The summed E-state index contributed by atoms with van der Waals surface area (Å²) in [6.07, 6.45) is 0. The summed E-state index contributed by atoms with van der Waals surface area (Å²) in [6.45, 7) is 3.78. The van der Waals surface area contributed by atoms with E-state index in [1.54, 1.807) is 6.07 Å². The summed E-state index contributed by atoms with van der Waals surface area (Å²) < 4.78 is 13.0. The summed E-state index contributed by atoms with van der Waals surface area (Å²) in [4.78, 5) is 12.0. The van der Waals surface area contributed by atoms with Crippen LogP contribution in [0.2, 0.25) is 0 Å². The third-order valence-corrected chi connectivity index (χ3v) is 2.69. The number of hydrogen-bond acceptors (Lipinski definition) is 3. The molecule has 0 aliphatic carbocycles. The smallest absolute Gasteiger partial charge is 0.230 e. The van der Waals surface area contributed by atoms with Gasteiger partial charge in [-0.2, -0.15) is 0 Å². The van der Waals surface area contributed by atoms with Gasteiger partial charge in [-0.05, 0) is 32.0 Å². The van der Waals surface area contributed by atoms with Crippen molar-refractivity contribution in [2.45, 2.75) is 24.8 Å². The van der Waals surface area contributed by atoms with Gasteiger partial charge in [-0.15, -0.1) is 11.8 Å². The molecule has 0 aliphatic heterocycles. The largest absolute Gasteiger partial charge is 0.399 e. The number of rotatable bonds is 4. The van der Waals surface area contributed by atoms with E-state index < -0.39 is 0 Å². The highest BCUT2D eigenvalue weighted by molar-refractivity contribution is 8.00. The lowest BCUT2D eigenvalue weighted by Gasteiger charge is -2.08. The zero-order valence-electron chi connectivity index (χ0n) is 9.29. The van der Waals surface area contributed by atoms with Gasteiger partial charge in [0, 0.05) is 16.6 Å². The van der Waals surface area contributed by atoms with E-state index in [1.807, 2.05) is 13.8 Å². The molecule has 0 saturated carbocycles. The Morgan fingerprint density at radius 1 is 1.50 bits per heavy atom. The fraction of sp³-hybridized carbons (Fsp3) is 0.364. The van der Waals surface area contributed by atoms with Gasteiger partial charge in [0.25, 0.3) is 0 Å². The Kier molecular flexibility index (Phi) is 4.61. The number of thioether (sulfide) groups is 1. The number of nitrogen functional groups attached to an aromatic ring is 1. The Balaban J connectivity index is 2.51. The van der Waals surface area contributed by atoms with Crippen molar-refractivity contribution in [3.8, 4) is 0 Å². The summed E-state index contributed by atoms with van der Waals surface area (Å²) >= 11 is 1.27. The van der Waals surface area contributed by atoms with Crippen molar-refractivity contribution in [1.82, 2.24) is 5.32 Å². The van der Waals surface area contributed by atoms with Crippen LogP contribution in [0.5, 0.6) is 0 Å². The number of hydrogen-bond donors (Lipinski definition) is 2. The van der Waals surface area contributed by atoms with Gasteiger partial charge in [-0.25, -0.2) is 4.39 Å². The molecule has 88 valence electrons. The van der Waals surface area contributed by atoms with E-state index >= 15 is 0 Å². The normalized spacial score (nSPS) is 10.5. The summed E-state index contributed by atoms with van der Waals surface area (Å²) in [5, 5.41) is 2.76. The highest BCUT2D eigenvalue weighted by Gasteiger charge is 2.05. The van der Waals surface area contributed by atoms with Crippen molar-refractivity contribution in [3.63, 3.8) is 0 Å². The minimum Gasteiger partial charge on any atom is -0.399 e. The van der Waals surface area contributed by atoms with Crippen LogP contribution >= 0.6 is 11.8 Å². The van der Waals surface area contributed by atoms with E-state index in [0.717, 1.165) is 0 Å². The Bertz CT molecular complexity index is 362. The molecule has 1 aromatic carbocycles. The zero-order valence-corrected chi connectivity index (χ0v) is 10.1. The molecule has 1 aromatic rings. The van der Waals surface area contributed by atoms with E-state index in [4.69, 9.17) is 5.73 Å². The van der Waals surface area contributed by atoms with Crippen LogP contribution in [-0.2, 0) is 4.79 Å². The molecule has 0 radical (unpaired) electrons. The third kappa shape index (κ3) is 4.53. The molecule has 0 heterocycles. The zero-order chi connectivity index (χ0) is 12.1. The lowest BCUT2D eigenvalue weighted by molar-refractivity contribution is -0.119. The van der Waals surface area contributed by atoms with Crippen LogP contribution in [0.4, 0.5) is 10.1 Å². The van der Waals surface area contributed by atoms with Gasteiger partial charge in [-0.1, -0.05) is 0 Å². The molecular formula is C11H15FN2OS. The Morgan fingerprint density at radius 2 is 2.19 bits per heavy atom. The van der Waals surface area contributed by atoms with Gasteiger partial charge in [0.15, 0.2) is 0 Å². The molecule has 0 aliphatic rings. The second kappa shape index (κ2) is 5.75. The van der Waals surface area contributed by atoms with Crippen molar-refractivity contribution in [1.29, 1.82) is 0 Å². The van der Waals surface area contributed by atoms with Crippen LogP contribution in [0.1, 0.15) is 13.8 Å². The lowest BCUT2D eigenvalue weighted by atomic mass is 10.3. The average Bonchev–Trinajstić information content (AvgIpc) is 2.12. The lowest BCUT2D eigenvalue weighted by Crippen LogP contribution is -2.31. The van der Waals surface area contributed by atoms with Crippen molar-refractivity contribution in [2.75, 3.05) is 11.5 Å². The number of amides is 1. The topological polar surface area (TPSA) is 55.1 Å². The van der Waals surface area contributed by atoms with Crippen LogP contribution in [0.3, 0.4) is 0 Å². The monoisotopic (exact) mass is 242 g/mol. The molecular weight excluding hydrogens is 227 g/mol. The number of halogens is 1. The molecule has 16 heavy (non-hydrogen) atoms. The molecule has 5 heteroatoms. The van der Waals surface area contributed by atoms with Crippen LogP contribution in [0, 0.1) is 5.82 Å². The summed E-state index contributed by atoms with van der Waals surface area (Å²) in [7, 11) is 0. The molecule has 0 fully saturated rings. The van der Waals surface area contributed by atoms with E-state index in [2.05, 4.69) is 5.32 Å². The van der Waals surface area contributed by atoms with Crippen molar-refractivity contribution < 1.29 is 9.18 Å². The standard InChI is InChI=1S/C11H15FN2OS/c1-7(2)14-11(15)6-16-10-4-8(12)3-9(13)5-10/h3-5,7H,6,13H2,1-2H3,(H,14,15). The first-order valence-electron chi connectivity index (χ1n) is 4.95. The summed E-state index contributed by atoms with van der Waals surface area (Å²) in [5.74, 6) is -0.184. The van der Waals surface area contributed by atoms with Crippen LogP contribution in [-0.4, -0.2) is 17.7 Å². The van der Waals surface area contributed by atoms with E-state index in [0.29, 0.717) is 10.6 Å². The molecule has 1 rings (SSSR count). The molecule has 3 nitrogen and oxygen atoms in total. The first-order chi connectivity index (χ1) is 7.47. The molecule has 0 unspecified atom stereocenters. The maximum Gasteiger partial charge on any atom is 0.230 e. The first-order valence-corrected chi connectivity index (χ1v) is 5.94. The van der Waals surface area contributed by atoms with Gasteiger partial charge in [0.1, 0.15) is 5.82 Å². The van der Waals surface area contributed by atoms with Gasteiger partial charge in [0.05, 0.1) is 5.75 Å². The Labute approximate surface area is 98.6 Å². The highest BCUT2D eigenvalue weighted by Crippen LogP contribution is 2.21. The number of nitrogens with two attached hydrogens (primary N) is 1. The predicted octanol–water partition coefficient (Wildman–Crippen LogP) is 2.02. The number of nitrogens with one attached hydrogen (secondary N) is 1. The Hall–Kier alpha value is -1.23. The van der Waals surface area contributed by atoms with Gasteiger partial charge in [-0.3, -0.25) is 4.79 Å². The maximum absolute atomic E-state index is 13.0. The molecule has 0 atom stereocenters. The van der Waals surface area contributed by atoms with Gasteiger partial charge >= 0.3 is 0 Å². The third-order valence-electron chi connectivity index (χ3n) is 1.71. The molecule has 0 aromatic heterocycles. The summed E-state index contributed by atoms with van der Waals surface area (Å²) in [5.41, 5.74) is 5.86. The molecule has 3 N–H and O–H groups in total. The number of anilines is 1. The Morgan fingerprint density at radius 3 is 2.75 bits per heavy atom. The van der Waals surface area contributed by atoms with Crippen molar-refractivity contribution >= 4 is 23.4 Å². The maximum atomic E-state index is 13.0. The van der Waals surface area contributed by atoms with Gasteiger partial charge in [0.2, 0.25) is 5.91 Å². The predicted molar refractivity (Wildman–Crippen MR) is 64.8 cm³/mol. The second-order valence-electron chi connectivity index (χ2n) is 3.73.